The Hall–Kier alpha value is -2.06. The maximum Gasteiger partial charge on any atom is 0.242 e. The van der Waals surface area contributed by atoms with E-state index in [1.165, 1.54) is 5.56 Å². The number of nitriles is 1. The number of piperazine rings is 1. The summed E-state index contributed by atoms with van der Waals surface area (Å²) in [6.07, 6.45) is 0. The topological polar surface area (TPSA) is 56.6 Å². The first kappa shape index (κ1) is 16.3. The summed E-state index contributed by atoms with van der Waals surface area (Å²) in [5.74, 6) is 0.789. The van der Waals surface area contributed by atoms with E-state index in [0.717, 1.165) is 25.4 Å². The molecule has 0 unspecified atom stereocenters. The van der Waals surface area contributed by atoms with Crippen LogP contribution in [-0.4, -0.2) is 49.0 Å². The Balaban J connectivity index is 1.87. The molecule has 1 aliphatic heterocycles. The van der Waals surface area contributed by atoms with Gasteiger partial charge in [-0.25, -0.2) is 0 Å². The number of amides is 1. The van der Waals surface area contributed by atoms with Crippen LogP contribution in [0.1, 0.15) is 19.4 Å². The van der Waals surface area contributed by atoms with Crippen molar-refractivity contribution in [1.82, 2.24) is 9.80 Å². The fraction of sp³-hybridized carbons (Fsp3) is 0.529. The van der Waals surface area contributed by atoms with Crippen LogP contribution in [0.5, 0.6) is 5.75 Å². The van der Waals surface area contributed by atoms with Crippen LogP contribution in [0, 0.1) is 16.7 Å². The van der Waals surface area contributed by atoms with E-state index in [9.17, 15) is 4.79 Å². The molecule has 0 N–H and O–H groups in total. The summed E-state index contributed by atoms with van der Waals surface area (Å²) in [6, 6.07) is 10.1. The quantitative estimate of drug-likeness (QED) is 0.852. The number of ether oxygens (including phenoxy) is 1. The average Bonchev–Trinajstić information content (AvgIpc) is 2.55. The SMILES string of the molecule is COc1ccc(CN2CCN(C(=O)C(C)(C)C#N)CC2)cc1. The number of carbonyl (C=O) groups is 1. The van der Waals surface area contributed by atoms with Gasteiger partial charge in [-0.15, -0.1) is 0 Å². The highest BCUT2D eigenvalue weighted by atomic mass is 16.5. The summed E-state index contributed by atoms with van der Waals surface area (Å²) < 4.78 is 5.16. The largest absolute Gasteiger partial charge is 0.497 e. The number of methoxy groups -OCH3 is 1. The first-order valence-corrected chi connectivity index (χ1v) is 7.52. The van der Waals surface area contributed by atoms with Crippen LogP contribution < -0.4 is 4.74 Å². The molecule has 22 heavy (non-hydrogen) atoms. The summed E-state index contributed by atoms with van der Waals surface area (Å²) >= 11 is 0. The van der Waals surface area contributed by atoms with Crippen molar-refractivity contribution in [1.29, 1.82) is 5.26 Å². The molecule has 1 aliphatic rings. The summed E-state index contributed by atoms with van der Waals surface area (Å²) in [7, 11) is 1.66. The van der Waals surface area contributed by atoms with E-state index in [1.807, 2.05) is 12.1 Å². The molecule has 1 saturated heterocycles. The van der Waals surface area contributed by atoms with Crippen LogP contribution in [0.2, 0.25) is 0 Å². The van der Waals surface area contributed by atoms with Crippen LogP contribution in [-0.2, 0) is 11.3 Å². The number of nitrogens with zero attached hydrogens (tertiary/aromatic N) is 3. The van der Waals surface area contributed by atoms with Crippen LogP contribution >= 0.6 is 0 Å². The van der Waals surface area contributed by atoms with E-state index in [1.54, 1.807) is 25.9 Å². The standard InChI is InChI=1S/C17H23N3O2/c1-17(2,13-18)16(21)20-10-8-19(9-11-20)12-14-4-6-15(22-3)7-5-14/h4-7H,8-12H2,1-3H3. The van der Waals surface area contributed by atoms with Gasteiger partial charge in [0.05, 0.1) is 13.2 Å². The lowest BCUT2D eigenvalue weighted by Gasteiger charge is -2.36. The van der Waals surface area contributed by atoms with Crippen LogP contribution in [0.3, 0.4) is 0 Å². The van der Waals surface area contributed by atoms with Gasteiger partial charge in [-0.1, -0.05) is 12.1 Å². The smallest absolute Gasteiger partial charge is 0.242 e. The molecule has 2 rings (SSSR count). The van der Waals surface area contributed by atoms with Gasteiger partial charge >= 0.3 is 0 Å². The van der Waals surface area contributed by atoms with Crippen molar-refractivity contribution in [3.8, 4) is 11.8 Å². The van der Waals surface area contributed by atoms with E-state index in [4.69, 9.17) is 10.00 Å². The summed E-state index contributed by atoms with van der Waals surface area (Å²) in [6.45, 7) is 7.25. The van der Waals surface area contributed by atoms with Gasteiger partial charge in [-0.05, 0) is 31.5 Å². The Morgan fingerprint density at radius 1 is 1.23 bits per heavy atom. The maximum absolute atomic E-state index is 12.3. The van der Waals surface area contributed by atoms with Crippen molar-refractivity contribution in [3.63, 3.8) is 0 Å². The van der Waals surface area contributed by atoms with Crippen molar-refractivity contribution in [2.45, 2.75) is 20.4 Å². The maximum atomic E-state index is 12.3. The van der Waals surface area contributed by atoms with Gasteiger partial charge in [0.2, 0.25) is 5.91 Å². The van der Waals surface area contributed by atoms with Gasteiger partial charge in [0.25, 0.3) is 0 Å². The number of benzene rings is 1. The molecule has 1 aromatic carbocycles. The van der Waals surface area contributed by atoms with Gasteiger partial charge < -0.3 is 9.64 Å². The fourth-order valence-electron chi connectivity index (χ4n) is 2.54. The second-order valence-corrected chi connectivity index (χ2v) is 6.15. The predicted molar refractivity (Wildman–Crippen MR) is 84.2 cm³/mol. The van der Waals surface area contributed by atoms with Gasteiger partial charge in [0.15, 0.2) is 0 Å². The number of carbonyl (C=O) groups excluding carboxylic acids is 1. The molecule has 0 spiro atoms. The van der Waals surface area contributed by atoms with Gasteiger partial charge in [-0.3, -0.25) is 9.69 Å². The lowest BCUT2D eigenvalue weighted by molar-refractivity contribution is -0.139. The lowest BCUT2D eigenvalue weighted by atomic mass is 9.93. The molecule has 0 radical (unpaired) electrons. The number of rotatable bonds is 4. The zero-order valence-electron chi connectivity index (χ0n) is 13.5. The fourth-order valence-corrected chi connectivity index (χ4v) is 2.54. The third kappa shape index (κ3) is 3.77. The molecule has 0 aliphatic carbocycles. The van der Waals surface area contributed by atoms with E-state index < -0.39 is 5.41 Å². The zero-order chi connectivity index (χ0) is 16.2. The normalized spacial score (nSPS) is 16.2. The second-order valence-electron chi connectivity index (χ2n) is 6.15. The first-order valence-electron chi connectivity index (χ1n) is 7.52. The van der Waals surface area contributed by atoms with E-state index in [2.05, 4.69) is 23.1 Å². The Bertz CT molecular complexity index is 552. The molecule has 1 amide bonds. The summed E-state index contributed by atoms with van der Waals surface area (Å²) in [5.41, 5.74) is 0.302. The number of hydrogen-bond acceptors (Lipinski definition) is 4. The van der Waals surface area contributed by atoms with Crippen molar-refractivity contribution >= 4 is 5.91 Å². The monoisotopic (exact) mass is 301 g/mol. The van der Waals surface area contributed by atoms with Gasteiger partial charge in [-0.2, -0.15) is 5.26 Å². The summed E-state index contributed by atoms with van der Waals surface area (Å²) in [4.78, 5) is 16.4. The lowest BCUT2D eigenvalue weighted by Crippen LogP contribution is -2.51. The predicted octanol–water partition coefficient (Wildman–Crippen LogP) is 1.89. The Kier molecular flexibility index (Phi) is 5.04. The molecular weight excluding hydrogens is 278 g/mol. The van der Waals surface area contributed by atoms with Crippen LogP contribution in [0.25, 0.3) is 0 Å². The van der Waals surface area contributed by atoms with E-state index in [-0.39, 0.29) is 5.91 Å². The minimum Gasteiger partial charge on any atom is -0.497 e. The average molecular weight is 301 g/mol. The van der Waals surface area contributed by atoms with Crippen molar-refractivity contribution < 1.29 is 9.53 Å². The van der Waals surface area contributed by atoms with Crippen molar-refractivity contribution in [2.24, 2.45) is 5.41 Å². The van der Waals surface area contributed by atoms with Gasteiger partial charge in [0.1, 0.15) is 11.2 Å². The highest BCUT2D eigenvalue weighted by molar-refractivity contribution is 5.84. The number of hydrogen-bond donors (Lipinski definition) is 0. The first-order chi connectivity index (χ1) is 10.5. The molecular formula is C17H23N3O2. The van der Waals surface area contributed by atoms with E-state index in [0.29, 0.717) is 13.1 Å². The minimum atomic E-state index is -0.932. The van der Waals surface area contributed by atoms with Crippen LogP contribution in [0.4, 0.5) is 0 Å². The highest BCUT2D eigenvalue weighted by Crippen LogP contribution is 2.19. The molecule has 1 aromatic rings. The molecule has 5 heteroatoms. The molecule has 1 fully saturated rings. The van der Waals surface area contributed by atoms with E-state index >= 15 is 0 Å². The molecule has 118 valence electrons. The van der Waals surface area contributed by atoms with Crippen molar-refractivity contribution in [2.75, 3.05) is 33.3 Å². The third-order valence-electron chi connectivity index (χ3n) is 4.04. The molecule has 5 nitrogen and oxygen atoms in total. The molecule has 0 bridgehead atoms. The minimum absolute atomic E-state index is 0.0703. The molecule has 1 heterocycles. The third-order valence-corrected chi connectivity index (χ3v) is 4.04. The Morgan fingerprint density at radius 3 is 2.32 bits per heavy atom. The summed E-state index contributed by atoms with van der Waals surface area (Å²) in [5, 5.41) is 9.07. The van der Waals surface area contributed by atoms with Crippen molar-refractivity contribution in [3.05, 3.63) is 29.8 Å². The highest BCUT2D eigenvalue weighted by Gasteiger charge is 2.33. The van der Waals surface area contributed by atoms with Crippen LogP contribution in [0.15, 0.2) is 24.3 Å². The molecule has 0 saturated carbocycles. The molecule has 0 atom stereocenters. The zero-order valence-corrected chi connectivity index (χ0v) is 13.5. The van der Waals surface area contributed by atoms with Gasteiger partial charge in [0, 0.05) is 32.7 Å². The molecule has 0 aromatic heterocycles. The Morgan fingerprint density at radius 2 is 1.82 bits per heavy atom. The Labute approximate surface area is 132 Å². The second kappa shape index (κ2) is 6.80.